The topological polar surface area (TPSA) is 21.3 Å². The van der Waals surface area contributed by atoms with E-state index in [0.717, 1.165) is 30.9 Å². The molecule has 0 unspecified atom stereocenters. The first-order chi connectivity index (χ1) is 7.92. The molecule has 2 fully saturated rings. The van der Waals surface area contributed by atoms with E-state index in [2.05, 4.69) is 29.6 Å². The fourth-order valence-electron chi connectivity index (χ4n) is 1.82. The summed E-state index contributed by atoms with van der Waals surface area (Å²) in [5.74, 6) is 1.90. The summed E-state index contributed by atoms with van der Waals surface area (Å²) in [5.41, 5.74) is 1.30. The number of benzene rings is 1. The molecular formula is C14H19NO. The number of nitrogens with one attached hydrogen (secondary N) is 1. The van der Waals surface area contributed by atoms with Gasteiger partial charge in [-0.05, 0) is 37.7 Å². The van der Waals surface area contributed by atoms with Gasteiger partial charge in [0, 0.05) is 18.2 Å². The number of ether oxygens (including phenoxy) is 1. The molecule has 3 rings (SSSR count). The highest BCUT2D eigenvalue weighted by Crippen LogP contribution is 2.30. The van der Waals surface area contributed by atoms with Gasteiger partial charge in [-0.3, -0.25) is 0 Å². The molecule has 0 aromatic heterocycles. The summed E-state index contributed by atoms with van der Waals surface area (Å²) in [7, 11) is 0. The van der Waals surface area contributed by atoms with E-state index >= 15 is 0 Å². The highest BCUT2D eigenvalue weighted by Gasteiger charge is 2.23. The van der Waals surface area contributed by atoms with Gasteiger partial charge in [-0.15, -0.1) is 0 Å². The van der Waals surface area contributed by atoms with Crippen molar-refractivity contribution in [1.82, 2.24) is 5.32 Å². The van der Waals surface area contributed by atoms with Crippen molar-refractivity contribution in [1.29, 1.82) is 0 Å². The van der Waals surface area contributed by atoms with Crippen LogP contribution in [0.15, 0.2) is 24.3 Å². The molecule has 2 aliphatic rings. The van der Waals surface area contributed by atoms with Crippen molar-refractivity contribution in [2.75, 3.05) is 6.61 Å². The molecular weight excluding hydrogens is 198 g/mol. The van der Waals surface area contributed by atoms with Crippen LogP contribution < -0.4 is 10.1 Å². The summed E-state index contributed by atoms with van der Waals surface area (Å²) in [5, 5.41) is 3.54. The molecule has 0 amide bonds. The second kappa shape index (κ2) is 4.46. The predicted octanol–water partition coefficient (Wildman–Crippen LogP) is 2.73. The van der Waals surface area contributed by atoms with Crippen LogP contribution in [0.1, 0.15) is 31.2 Å². The molecule has 0 atom stereocenters. The van der Waals surface area contributed by atoms with Gasteiger partial charge in [0.2, 0.25) is 0 Å². The molecule has 1 aromatic rings. The lowest BCUT2D eigenvalue weighted by Crippen LogP contribution is -2.16. The average molecular weight is 217 g/mol. The van der Waals surface area contributed by atoms with Crippen molar-refractivity contribution in [2.45, 2.75) is 38.3 Å². The Kier molecular flexibility index (Phi) is 2.83. The molecule has 0 radical (unpaired) electrons. The predicted molar refractivity (Wildman–Crippen MR) is 64.5 cm³/mol. The summed E-state index contributed by atoms with van der Waals surface area (Å²) >= 11 is 0. The van der Waals surface area contributed by atoms with E-state index in [4.69, 9.17) is 4.74 Å². The quantitative estimate of drug-likeness (QED) is 0.791. The Labute approximate surface area is 97.0 Å². The minimum absolute atomic E-state index is 0.761. The lowest BCUT2D eigenvalue weighted by Gasteiger charge is -2.11. The van der Waals surface area contributed by atoms with E-state index in [-0.39, 0.29) is 0 Å². The van der Waals surface area contributed by atoms with E-state index in [1.165, 1.54) is 31.2 Å². The number of rotatable bonds is 6. The largest absolute Gasteiger partial charge is 0.493 e. The molecule has 0 saturated heterocycles. The van der Waals surface area contributed by atoms with Crippen LogP contribution in [0.4, 0.5) is 0 Å². The normalized spacial score (nSPS) is 19.8. The lowest BCUT2D eigenvalue weighted by molar-refractivity contribution is 0.296. The molecule has 86 valence electrons. The Balaban J connectivity index is 1.58. The zero-order valence-electron chi connectivity index (χ0n) is 9.61. The van der Waals surface area contributed by atoms with Gasteiger partial charge in [0.1, 0.15) is 5.75 Å². The second-order valence-electron chi connectivity index (χ2n) is 5.02. The standard InChI is InChI=1S/C14H19NO/c1-2-4-14(16-10-11-5-6-11)12(3-1)9-15-13-7-8-13/h1-4,11,13,15H,5-10H2. The number of hydrogen-bond acceptors (Lipinski definition) is 2. The SMILES string of the molecule is c1ccc(OCC2CC2)c(CNC2CC2)c1. The van der Waals surface area contributed by atoms with Crippen LogP contribution in [0.2, 0.25) is 0 Å². The van der Waals surface area contributed by atoms with Crippen LogP contribution in [-0.2, 0) is 6.54 Å². The van der Waals surface area contributed by atoms with Crippen molar-refractivity contribution in [3.05, 3.63) is 29.8 Å². The van der Waals surface area contributed by atoms with Crippen molar-refractivity contribution >= 4 is 0 Å². The summed E-state index contributed by atoms with van der Waals surface area (Å²) in [6.07, 6.45) is 5.38. The Bertz CT molecular complexity index is 321. The molecule has 2 heteroatoms. The Morgan fingerprint density at radius 2 is 1.94 bits per heavy atom. The summed E-state index contributed by atoms with van der Waals surface area (Å²) in [6.45, 7) is 1.85. The van der Waals surface area contributed by atoms with Gasteiger partial charge in [-0.25, -0.2) is 0 Å². The average Bonchev–Trinajstić information content (AvgIpc) is 3.17. The van der Waals surface area contributed by atoms with Gasteiger partial charge in [0.25, 0.3) is 0 Å². The van der Waals surface area contributed by atoms with E-state index in [1.807, 2.05) is 0 Å². The molecule has 2 saturated carbocycles. The van der Waals surface area contributed by atoms with Gasteiger partial charge in [-0.1, -0.05) is 18.2 Å². The molecule has 1 N–H and O–H groups in total. The van der Waals surface area contributed by atoms with Gasteiger partial charge in [0.05, 0.1) is 6.61 Å². The van der Waals surface area contributed by atoms with Crippen LogP contribution in [0.5, 0.6) is 5.75 Å². The molecule has 2 nitrogen and oxygen atoms in total. The summed E-state index contributed by atoms with van der Waals surface area (Å²) < 4.78 is 5.87. The molecule has 0 aliphatic heterocycles. The maximum absolute atomic E-state index is 5.87. The lowest BCUT2D eigenvalue weighted by atomic mass is 10.2. The van der Waals surface area contributed by atoms with E-state index in [0.29, 0.717) is 0 Å². The molecule has 16 heavy (non-hydrogen) atoms. The summed E-state index contributed by atoms with van der Waals surface area (Å²) in [6, 6.07) is 9.16. The third-order valence-electron chi connectivity index (χ3n) is 3.30. The molecule has 1 aromatic carbocycles. The molecule has 0 heterocycles. The number of hydrogen-bond donors (Lipinski definition) is 1. The third-order valence-corrected chi connectivity index (χ3v) is 3.30. The maximum atomic E-state index is 5.87. The minimum Gasteiger partial charge on any atom is -0.493 e. The van der Waals surface area contributed by atoms with Crippen LogP contribution in [0, 0.1) is 5.92 Å². The smallest absolute Gasteiger partial charge is 0.123 e. The Hall–Kier alpha value is -1.02. The van der Waals surface area contributed by atoms with E-state index in [9.17, 15) is 0 Å². The summed E-state index contributed by atoms with van der Waals surface area (Å²) in [4.78, 5) is 0. The van der Waals surface area contributed by atoms with E-state index in [1.54, 1.807) is 0 Å². The molecule has 0 spiro atoms. The Morgan fingerprint density at radius 1 is 1.12 bits per heavy atom. The van der Waals surface area contributed by atoms with Crippen LogP contribution in [0.25, 0.3) is 0 Å². The fraction of sp³-hybridized carbons (Fsp3) is 0.571. The minimum atomic E-state index is 0.761. The van der Waals surface area contributed by atoms with Crippen LogP contribution >= 0.6 is 0 Å². The fourth-order valence-corrected chi connectivity index (χ4v) is 1.82. The first-order valence-corrected chi connectivity index (χ1v) is 6.36. The van der Waals surface area contributed by atoms with Gasteiger partial charge >= 0.3 is 0 Å². The van der Waals surface area contributed by atoms with E-state index < -0.39 is 0 Å². The number of para-hydroxylation sites is 1. The van der Waals surface area contributed by atoms with Crippen LogP contribution in [-0.4, -0.2) is 12.6 Å². The maximum Gasteiger partial charge on any atom is 0.123 e. The second-order valence-corrected chi connectivity index (χ2v) is 5.02. The molecule has 2 aliphatic carbocycles. The van der Waals surface area contributed by atoms with Crippen molar-refractivity contribution in [3.63, 3.8) is 0 Å². The zero-order valence-corrected chi connectivity index (χ0v) is 9.61. The third kappa shape index (κ3) is 2.76. The van der Waals surface area contributed by atoms with Gasteiger partial charge in [-0.2, -0.15) is 0 Å². The monoisotopic (exact) mass is 217 g/mol. The highest BCUT2D eigenvalue weighted by atomic mass is 16.5. The van der Waals surface area contributed by atoms with Gasteiger partial charge < -0.3 is 10.1 Å². The molecule has 0 bridgehead atoms. The van der Waals surface area contributed by atoms with Gasteiger partial charge in [0.15, 0.2) is 0 Å². The van der Waals surface area contributed by atoms with Crippen molar-refractivity contribution < 1.29 is 4.74 Å². The Morgan fingerprint density at radius 3 is 2.69 bits per heavy atom. The van der Waals surface area contributed by atoms with Crippen LogP contribution in [0.3, 0.4) is 0 Å². The first-order valence-electron chi connectivity index (χ1n) is 6.36. The van der Waals surface area contributed by atoms with Crippen molar-refractivity contribution in [3.8, 4) is 5.75 Å². The highest BCUT2D eigenvalue weighted by molar-refractivity contribution is 5.33. The van der Waals surface area contributed by atoms with Crippen molar-refractivity contribution in [2.24, 2.45) is 5.92 Å². The zero-order chi connectivity index (χ0) is 10.8. The first kappa shape index (κ1) is 10.2.